The molecule has 5 nitrogen and oxygen atoms in total. The van der Waals surface area contributed by atoms with Gasteiger partial charge in [0.1, 0.15) is 0 Å². The normalized spacial score (nSPS) is 10.8. The quantitative estimate of drug-likeness (QED) is 0.443. The summed E-state index contributed by atoms with van der Waals surface area (Å²) in [6.45, 7) is 2.52. The second kappa shape index (κ2) is 9.14. The highest BCUT2D eigenvalue weighted by atomic mass is 35.5. The molecule has 0 bridgehead atoms. The molecule has 0 saturated heterocycles. The average molecular weight is 431 g/mol. The van der Waals surface area contributed by atoms with Gasteiger partial charge in [-0.3, -0.25) is 14.8 Å². The lowest BCUT2D eigenvalue weighted by Gasteiger charge is -2.10. The highest BCUT2D eigenvalue weighted by Gasteiger charge is 2.09. The van der Waals surface area contributed by atoms with E-state index in [1.807, 2.05) is 50.4 Å². The maximum absolute atomic E-state index is 12.7. The minimum absolute atomic E-state index is 0.116. The van der Waals surface area contributed by atoms with Crippen molar-refractivity contribution in [1.82, 2.24) is 15.3 Å². The van der Waals surface area contributed by atoms with Crippen molar-refractivity contribution in [1.29, 1.82) is 0 Å². The fraction of sp³-hybridized carbons (Fsp3) is 0.160. The van der Waals surface area contributed by atoms with Crippen molar-refractivity contribution in [2.24, 2.45) is 0 Å². The van der Waals surface area contributed by atoms with Crippen molar-refractivity contribution in [3.63, 3.8) is 0 Å². The first-order valence-corrected chi connectivity index (χ1v) is 10.4. The number of carbonyl (C=O) groups excluding carboxylic acids is 1. The number of halogens is 1. The lowest BCUT2D eigenvalue weighted by atomic mass is 10.0. The third-order valence-corrected chi connectivity index (χ3v) is 5.45. The molecule has 31 heavy (non-hydrogen) atoms. The Morgan fingerprint density at radius 2 is 1.90 bits per heavy atom. The lowest BCUT2D eigenvalue weighted by Crippen LogP contribution is -2.23. The molecular formula is C25H23ClN4O. The number of benzene rings is 2. The van der Waals surface area contributed by atoms with Crippen LogP contribution in [0.2, 0.25) is 5.02 Å². The molecule has 0 fully saturated rings. The highest BCUT2D eigenvalue weighted by molar-refractivity contribution is 6.31. The van der Waals surface area contributed by atoms with E-state index in [1.165, 1.54) is 0 Å². The van der Waals surface area contributed by atoms with Crippen LogP contribution in [0.1, 0.15) is 32.7 Å². The minimum atomic E-state index is -0.116. The Morgan fingerprint density at radius 3 is 2.71 bits per heavy atom. The molecule has 0 radical (unpaired) electrons. The first-order chi connectivity index (χ1) is 15.0. The number of nitrogens with one attached hydrogen (secondary N) is 2. The Morgan fingerprint density at radius 1 is 1.03 bits per heavy atom. The fourth-order valence-corrected chi connectivity index (χ4v) is 3.68. The highest BCUT2D eigenvalue weighted by Crippen LogP contribution is 2.20. The summed E-state index contributed by atoms with van der Waals surface area (Å²) < 4.78 is 0. The lowest BCUT2D eigenvalue weighted by molar-refractivity contribution is 0.0950. The van der Waals surface area contributed by atoms with Crippen LogP contribution in [0.3, 0.4) is 0 Å². The van der Waals surface area contributed by atoms with Gasteiger partial charge in [0.25, 0.3) is 5.91 Å². The van der Waals surface area contributed by atoms with Gasteiger partial charge in [-0.05, 0) is 66.1 Å². The van der Waals surface area contributed by atoms with E-state index in [-0.39, 0.29) is 5.91 Å². The fourth-order valence-electron chi connectivity index (χ4n) is 3.52. The Balaban J connectivity index is 1.46. The van der Waals surface area contributed by atoms with Crippen LogP contribution >= 0.6 is 11.6 Å². The number of hydrogen-bond donors (Lipinski definition) is 2. The SMILES string of the molecule is CNc1ccc(CNC(=O)c2ccnc(Cc3ccc4ncc(Cl)cc4c3)c2)c(C)c1. The molecule has 6 heteroatoms. The first-order valence-electron chi connectivity index (χ1n) is 10.1. The summed E-state index contributed by atoms with van der Waals surface area (Å²) in [6.07, 6.45) is 3.94. The molecular weight excluding hydrogens is 408 g/mol. The van der Waals surface area contributed by atoms with E-state index in [2.05, 4.69) is 32.7 Å². The maximum Gasteiger partial charge on any atom is 0.251 e. The predicted molar refractivity (Wildman–Crippen MR) is 126 cm³/mol. The van der Waals surface area contributed by atoms with Crippen molar-refractivity contribution in [3.8, 4) is 0 Å². The minimum Gasteiger partial charge on any atom is -0.388 e. The van der Waals surface area contributed by atoms with Crippen molar-refractivity contribution in [2.45, 2.75) is 19.9 Å². The zero-order valence-electron chi connectivity index (χ0n) is 17.4. The van der Waals surface area contributed by atoms with Crippen LogP contribution < -0.4 is 10.6 Å². The van der Waals surface area contributed by atoms with E-state index in [4.69, 9.17) is 11.6 Å². The van der Waals surface area contributed by atoms with Crippen LogP contribution in [-0.4, -0.2) is 22.9 Å². The van der Waals surface area contributed by atoms with Crippen LogP contribution in [-0.2, 0) is 13.0 Å². The summed E-state index contributed by atoms with van der Waals surface area (Å²) in [5.74, 6) is -0.116. The summed E-state index contributed by atoms with van der Waals surface area (Å²) in [5.41, 5.74) is 6.68. The number of amides is 1. The molecule has 0 atom stereocenters. The molecule has 1 amide bonds. The van der Waals surface area contributed by atoms with Gasteiger partial charge in [0.05, 0.1) is 10.5 Å². The van der Waals surface area contributed by atoms with Crippen LogP contribution in [0.25, 0.3) is 10.9 Å². The van der Waals surface area contributed by atoms with Gasteiger partial charge < -0.3 is 10.6 Å². The van der Waals surface area contributed by atoms with Gasteiger partial charge in [0.15, 0.2) is 0 Å². The Hall–Kier alpha value is -3.44. The number of anilines is 1. The van der Waals surface area contributed by atoms with Gasteiger partial charge in [-0.2, -0.15) is 0 Å². The second-order valence-corrected chi connectivity index (χ2v) is 7.90. The smallest absolute Gasteiger partial charge is 0.251 e. The Bertz CT molecular complexity index is 1260. The van der Waals surface area contributed by atoms with Crippen LogP contribution in [0, 0.1) is 6.92 Å². The molecule has 2 aromatic heterocycles. The topological polar surface area (TPSA) is 66.9 Å². The van der Waals surface area contributed by atoms with Crippen LogP contribution in [0.5, 0.6) is 0 Å². The predicted octanol–water partition coefficient (Wildman–Crippen LogP) is 5.15. The van der Waals surface area contributed by atoms with Crippen molar-refractivity contribution < 1.29 is 4.79 Å². The molecule has 0 aliphatic carbocycles. The number of aryl methyl sites for hydroxylation is 1. The number of nitrogens with zero attached hydrogens (tertiary/aromatic N) is 2. The molecule has 2 aromatic carbocycles. The monoisotopic (exact) mass is 430 g/mol. The van der Waals surface area contributed by atoms with E-state index >= 15 is 0 Å². The number of aromatic nitrogens is 2. The first kappa shape index (κ1) is 20.8. The molecule has 0 spiro atoms. The average Bonchev–Trinajstić information content (AvgIpc) is 2.78. The number of pyridine rings is 2. The van der Waals surface area contributed by atoms with E-state index < -0.39 is 0 Å². The Kier molecular flexibility index (Phi) is 6.14. The van der Waals surface area contributed by atoms with E-state index in [9.17, 15) is 4.79 Å². The summed E-state index contributed by atoms with van der Waals surface area (Å²) in [7, 11) is 1.89. The largest absolute Gasteiger partial charge is 0.388 e. The van der Waals surface area contributed by atoms with Gasteiger partial charge in [0.2, 0.25) is 0 Å². The van der Waals surface area contributed by atoms with Crippen LogP contribution in [0.4, 0.5) is 5.69 Å². The molecule has 0 aliphatic heterocycles. The molecule has 0 unspecified atom stereocenters. The molecule has 2 heterocycles. The second-order valence-electron chi connectivity index (χ2n) is 7.47. The summed E-state index contributed by atoms with van der Waals surface area (Å²) in [6, 6.07) is 17.6. The summed E-state index contributed by atoms with van der Waals surface area (Å²) >= 11 is 6.06. The molecule has 156 valence electrons. The summed E-state index contributed by atoms with van der Waals surface area (Å²) in [5, 5.41) is 7.72. The molecule has 4 rings (SSSR count). The van der Waals surface area contributed by atoms with Gasteiger partial charge in [-0.15, -0.1) is 0 Å². The van der Waals surface area contributed by atoms with E-state index in [0.717, 1.165) is 39.0 Å². The van der Waals surface area contributed by atoms with Gasteiger partial charge in [-0.1, -0.05) is 23.7 Å². The molecule has 0 aliphatic rings. The van der Waals surface area contributed by atoms with Gasteiger partial charge in [-0.25, -0.2) is 0 Å². The molecule has 2 N–H and O–H groups in total. The van der Waals surface area contributed by atoms with Gasteiger partial charge in [0, 0.05) is 54.7 Å². The number of rotatable bonds is 6. The van der Waals surface area contributed by atoms with E-state index in [1.54, 1.807) is 18.5 Å². The third-order valence-electron chi connectivity index (χ3n) is 5.25. The van der Waals surface area contributed by atoms with Crippen molar-refractivity contribution >= 4 is 34.1 Å². The van der Waals surface area contributed by atoms with Crippen molar-refractivity contribution in [2.75, 3.05) is 12.4 Å². The third kappa shape index (κ3) is 5.01. The maximum atomic E-state index is 12.7. The molecule has 4 aromatic rings. The Labute approximate surface area is 186 Å². The number of hydrogen-bond acceptors (Lipinski definition) is 4. The number of carbonyl (C=O) groups is 1. The van der Waals surface area contributed by atoms with Gasteiger partial charge >= 0.3 is 0 Å². The summed E-state index contributed by atoms with van der Waals surface area (Å²) in [4.78, 5) is 21.5. The zero-order chi connectivity index (χ0) is 21.8. The van der Waals surface area contributed by atoms with Crippen LogP contribution in [0.15, 0.2) is 67.0 Å². The van der Waals surface area contributed by atoms with Crippen molar-refractivity contribution in [3.05, 3.63) is 100.0 Å². The standard InChI is InChI=1S/C25H23ClN4O/c1-16-9-22(27-2)5-4-19(16)14-30-25(31)18-7-8-28-23(13-18)11-17-3-6-24-20(10-17)12-21(26)15-29-24/h3-10,12-13,15,27H,11,14H2,1-2H3,(H,30,31). The number of fused-ring (bicyclic) bond motifs is 1. The zero-order valence-corrected chi connectivity index (χ0v) is 18.2. The van der Waals surface area contributed by atoms with E-state index in [0.29, 0.717) is 23.6 Å². The molecule has 0 saturated carbocycles.